The van der Waals surface area contributed by atoms with E-state index in [0.717, 1.165) is 29.2 Å². The zero-order valence-corrected chi connectivity index (χ0v) is 7.55. The molecule has 1 heteroatoms. The lowest BCUT2D eigenvalue weighted by molar-refractivity contribution is -0.0561. The summed E-state index contributed by atoms with van der Waals surface area (Å²) in [4.78, 5) is 0. The molecule has 12 heavy (non-hydrogen) atoms. The first-order valence-electron chi connectivity index (χ1n) is 5.60. The van der Waals surface area contributed by atoms with Gasteiger partial charge < -0.3 is 5.32 Å². The van der Waals surface area contributed by atoms with Crippen molar-refractivity contribution in [3.05, 3.63) is 0 Å². The molecule has 0 radical (unpaired) electrons. The predicted octanol–water partition coefficient (Wildman–Crippen LogP) is 1.78. The first kappa shape index (κ1) is 6.42. The summed E-state index contributed by atoms with van der Waals surface area (Å²) in [5.41, 5.74) is 0.839. The molecular formula is C11H17N. The third kappa shape index (κ3) is 0.527. The van der Waals surface area contributed by atoms with Crippen LogP contribution in [0.3, 0.4) is 0 Å². The Bertz CT molecular complexity index is 226. The van der Waals surface area contributed by atoms with Crippen molar-refractivity contribution in [3.8, 4) is 0 Å². The highest BCUT2D eigenvalue weighted by Gasteiger charge is 2.63. The lowest BCUT2D eigenvalue weighted by Crippen LogP contribution is -2.63. The van der Waals surface area contributed by atoms with Crippen molar-refractivity contribution in [2.75, 3.05) is 6.54 Å². The van der Waals surface area contributed by atoms with Gasteiger partial charge in [0, 0.05) is 6.04 Å². The van der Waals surface area contributed by atoms with Crippen LogP contribution in [-0.4, -0.2) is 12.6 Å². The van der Waals surface area contributed by atoms with Gasteiger partial charge in [-0.2, -0.15) is 0 Å². The van der Waals surface area contributed by atoms with Gasteiger partial charge in [-0.15, -0.1) is 0 Å². The summed E-state index contributed by atoms with van der Waals surface area (Å²) in [5, 5.41) is 3.77. The minimum atomic E-state index is 0.839. The summed E-state index contributed by atoms with van der Waals surface area (Å²) in [6.07, 6.45) is 7.84. The van der Waals surface area contributed by atoms with E-state index in [1.165, 1.54) is 13.0 Å². The monoisotopic (exact) mass is 163 g/mol. The standard InChI is InChI=1S/C11H17N/c1-7-2-9-3-10-11(9,4-7)5-8(1)6-12-10/h7-10,12H,1-6H2. The Labute approximate surface area is 73.9 Å². The van der Waals surface area contributed by atoms with E-state index >= 15 is 0 Å². The van der Waals surface area contributed by atoms with Crippen molar-refractivity contribution >= 4 is 0 Å². The van der Waals surface area contributed by atoms with Crippen LogP contribution < -0.4 is 5.32 Å². The molecule has 4 aliphatic rings. The summed E-state index contributed by atoms with van der Waals surface area (Å²) >= 11 is 0. The Morgan fingerprint density at radius 1 is 1.00 bits per heavy atom. The minimum absolute atomic E-state index is 0.839. The van der Waals surface area contributed by atoms with Crippen LogP contribution in [0.15, 0.2) is 0 Å². The van der Waals surface area contributed by atoms with Crippen molar-refractivity contribution in [3.63, 3.8) is 0 Å². The Morgan fingerprint density at radius 2 is 1.92 bits per heavy atom. The fraction of sp³-hybridized carbons (Fsp3) is 1.00. The number of hydrogen-bond acceptors (Lipinski definition) is 1. The zero-order chi connectivity index (χ0) is 7.76. The maximum absolute atomic E-state index is 3.77. The van der Waals surface area contributed by atoms with E-state index in [4.69, 9.17) is 0 Å². The van der Waals surface area contributed by atoms with E-state index in [1.54, 1.807) is 25.7 Å². The maximum Gasteiger partial charge on any atom is 0.0129 e. The molecule has 5 unspecified atom stereocenters. The van der Waals surface area contributed by atoms with Gasteiger partial charge in [0.25, 0.3) is 0 Å². The molecule has 0 aromatic rings. The van der Waals surface area contributed by atoms with Crippen LogP contribution in [0.25, 0.3) is 0 Å². The average molecular weight is 163 g/mol. The minimum Gasteiger partial charge on any atom is -0.313 e. The largest absolute Gasteiger partial charge is 0.313 e. The molecule has 3 bridgehead atoms. The van der Waals surface area contributed by atoms with Crippen LogP contribution in [0.5, 0.6) is 0 Å². The average Bonchev–Trinajstić information content (AvgIpc) is 2.30. The first-order valence-corrected chi connectivity index (χ1v) is 5.60. The molecule has 1 spiro atoms. The van der Waals surface area contributed by atoms with Crippen molar-refractivity contribution in [2.24, 2.45) is 23.2 Å². The second-order valence-corrected chi connectivity index (χ2v) is 5.74. The highest BCUT2D eigenvalue weighted by molar-refractivity contribution is 5.16. The van der Waals surface area contributed by atoms with Gasteiger partial charge in [-0.25, -0.2) is 0 Å². The van der Waals surface area contributed by atoms with Gasteiger partial charge in [-0.1, -0.05) is 0 Å². The summed E-state index contributed by atoms with van der Waals surface area (Å²) in [6, 6.07) is 0.948. The Kier molecular flexibility index (Phi) is 0.934. The molecular weight excluding hydrogens is 146 g/mol. The molecule has 1 nitrogen and oxygen atoms in total. The van der Waals surface area contributed by atoms with Crippen molar-refractivity contribution < 1.29 is 0 Å². The normalized spacial score (nSPS) is 66.0. The molecule has 3 aliphatic carbocycles. The van der Waals surface area contributed by atoms with E-state index in [2.05, 4.69) is 5.32 Å². The van der Waals surface area contributed by atoms with Gasteiger partial charge >= 0.3 is 0 Å². The van der Waals surface area contributed by atoms with Crippen molar-refractivity contribution in [1.29, 1.82) is 0 Å². The number of nitrogens with one attached hydrogen (secondary N) is 1. The fourth-order valence-electron chi connectivity index (χ4n) is 4.96. The highest BCUT2D eigenvalue weighted by Crippen LogP contribution is 2.67. The second kappa shape index (κ2) is 1.75. The van der Waals surface area contributed by atoms with Gasteiger partial charge in [0.2, 0.25) is 0 Å². The number of hydrogen-bond donors (Lipinski definition) is 1. The van der Waals surface area contributed by atoms with Crippen LogP contribution in [0.4, 0.5) is 0 Å². The Balaban J connectivity index is 1.82. The Hall–Kier alpha value is -0.0400. The molecule has 66 valence electrons. The van der Waals surface area contributed by atoms with Gasteiger partial charge in [0.05, 0.1) is 0 Å². The summed E-state index contributed by atoms with van der Waals surface area (Å²) in [7, 11) is 0. The zero-order valence-electron chi connectivity index (χ0n) is 7.55. The van der Waals surface area contributed by atoms with Crippen LogP contribution in [0.1, 0.15) is 32.1 Å². The number of rotatable bonds is 0. The summed E-state index contributed by atoms with van der Waals surface area (Å²) in [6.45, 7) is 1.34. The molecule has 1 saturated heterocycles. The van der Waals surface area contributed by atoms with Gasteiger partial charge in [0.15, 0.2) is 0 Å². The third-order valence-corrected chi connectivity index (χ3v) is 5.30. The van der Waals surface area contributed by atoms with Crippen LogP contribution in [0.2, 0.25) is 0 Å². The van der Waals surface area contributed by atoms with E-state index in [9.17, 15) is 0 Å². The van der Waals surface area contributed by atoms with E-state index < -0.39 is 0 Å². The second-order valence-electron chi connectivity index (χ2n) is 5.74. The molecule has 4 fully saturated rings. The molecule has 5 atom stereocenters. The molecule has 3 saturated carbocycles. The van der Waals surface area contributed by atoms with Gasteiger partial charge in [0.1, 0.15) is 0 Å². The van der Waals surface area contributed by atoms with Gasteiger partial charge in [-0.3, -0.25) is 0 Å². The van der Waals surface area contributed by atoms with Crippen molar-refractivity contribution in [1.82, 2.24) is 5.32 Å². The maximum atomic E-state index is 3.77. The molecule has 1 N–H and O–H groups in total. The molecule has 0 amide bonds. The first-order chi connectivity index (χ1) is 5.87. The van der Waals surface area contributed by atoms with Crippen LogP contribution >= 0.6 is 0 Å². The quantitative estimate of drug-likeness (QED) is 0.574. The van der Waals surface area contributed by atoms with Crippen molar-refractivity contribution in [2.45, 2.75) is 38.1 Å². The lowest BCUT2D eigenvalue weighted by Gasteiger charge is -2.59. The molecule has 0 aromatic heterocycles. The van der Waals surface area contributed by atoms with E-state index in [0.29, 0.717) is 0 Å². The topological polar surface area (TPSA) is 12.0 Å². The lowest BCUT2D eigenvalue weighted by atomic mass is 9.52. The fourth-order valence-corrected chi connectivity index (χ4v) is 4.96. The smallest absolute Gasteiger partial charge is 0.0129 e. The third-order valence-electron chi connectivity index (χ3n) is 5.30. The summed E-state index contributed by atoms with van der Waals surface area (Å²) in [5.74, 6) is 3.34. The molecule has 1 heterocycles. The van der Waals surface area contributed by atoms with E-state index in [1.807, 2.05) is 0 Å². The van der Waals surface area contributed by atoms with Gasteiger partial charge in [-0.05, 0) is 61.8 Å². The van der Waals surface area contributed by atoms with Crippen LogP contribution in [0, 0.1) is 23.2 Å². The summed E-state index contributed by atoms with van der Waals surface area (Å²) < 4.78 is 0. The molecule has 1 aliphatic heterocycles. The van der Waals surface area contributed by atoms with E-state index in [-0.39, 0.29) is 0 Å². The predicted molar refractivity (Wildman–Crippen MR) is 47.8 cm³/mol. The molecule has 4 rings (SSSR count). The number of piperidine rings is 1. The van der Waals surface area contributed by atoms with Crippen LogP contribution in [-0.2, 0) is 0 Å². The highest BCUT2D eigenvalue weighted by atomic mass is 15.0. The molecule has 0 aromatic carbocycles. The number of fused-ring (bicyclic) bond motifs is 2. The Morgan fingerprint density at radius 3 is 2.92 bits per heavy atom. The SMILES string of the molecule is C1NC2CC3CC4CC1CC32C4.